The van der Waals surface area contributed by atoms with Gasteiger partial charge in [0.05, 0.1) is 12.6 Å². The molecule has 1 aromatic rings. The van der Waals surface area contributed by atoms with Crippen molar-refractivity contribution >= 4 is 35.0 Å². The predicted octanol–water partition coefficient (Wildman–Crippen LogP) is 2.31. The average Bonchev–Trinajstić information content (AvgIpc) is 2.39. The quantitative estimate of drug-likeness (QED) is 0.765. The molecule has 1 unspecified atom stereocenters. The fraction of sp³-hybridized carbons (Fsp3) is 0.467. The summed E-state index contributed by atoms with van der Waals surface area (Å²) in [6.45, 7) is 5.13. The van der Waals surface area contributed by atoms with Crippen molar-refractivity contribution in [2.24, 2.45) is 5.41 Å². The Bertz CT molecular complexity index is 536. The van der Waals surface area contributed by atoms with Gasteiger partial charge in [0.15, 0.2) is 0 Å². The number of aliphatic hydroxyl groups is 1. The maximum Gasteiger partial charge on any atom is 0.239 e. The molecule has 1 atom stereocenters. The molecule has 1 aromatic carbocycles. The molecule has 0 saturated heterocycles. The van der Waals surface area contributed by atoms with Crippen molar-refractivity contribution in [2.75, 3.05) is 13.1 Å². The third kappa shape index (κ3) is 6.22. The SMILES string of the molecule is CC(C)(C)C(=O)NCC(=O)NCC(O)c1cc(Cl)cc(Cl)c1. The molecule has 0 bridgehead atoms. The van der Waals surface area contributed by atoms with Crippen molar-refractivity contribution in [1.29, 1.82) is 0 Å². The molecule has 5 nitrogen and oxygen atoms in total. The number of benzene rings is 1. The highest BCUT2D eigenvalue weighted by molar-refractivity contribution is 6.34. The van der Waals surface area contributed by atoms with Crippen molar-refractivity contribution in [1.82, 2.24) is 10.6 Å². The maximum atomic E-state index is 11.7. The Labute approximate surface area is 140 Å². The minimum Gasteiger partial charge on any atom is -0.387 e. The Kier molecular flexibility index (Phi) is 6.66. The van der Waals surface area contributed by atoms with Gasteiger partial charge >= 0.3 is 0 Å². The normalized spacial score (nSPS) is 12.6. The Morgan fingerprint density at radius 1 is 1.14 bits per heavy atom. The summed E-state index contributed by atoms with van der Waals surface area (Å²) in [6.07, 6.45) is -0.932. The Balaban J connectivity index is 2.45. The Morgan fingerprint density at radius 2 is 1.68 bits per heavy atom. The van der Waals surface area contributed by atoms with Crippen LogP contribution in [0.1, 0.15) is 32.4 Å². The number of carbonyl (C=O) groups excluding carboxylic acids is 2. The monoisotopic (exact) mass is 346 g/mol. The van der Waals surface area contributed by atoms with Crippen LogP contribution in [-0.4, -0.2) is 30.0 Å². The molecule has 0 spiro atoms. The van der Waals surface area contributed by atoms with Crippen LogP contribution in [0.25, 0.3) is 0 Å². The number of halogens is 2. The van der Waals surface area contributed by atoms with Crippen molar-refractivity contribution < 1.29 is 14.7 Å². The lowest BCUT2D eigenvalue weighted by Crippen LogP contribution is -2.42. The van der Waals surface area contributed by atoms with Crippen LogP contribution in [0.5, 0.6) is 0 Å². The first kappa shape index (κ1) is 18.7. The highest BCUT2D eigenvalue weighted by atomic mass is 35.5. The van der Waals surface area contributed by atoms with Crippen molar-refractivity contribution in [3.05, 3.63) is 33.8 Å². The van der Waals surface area contributed by atoms with Gasteiger partial charge in [0.25, 0.3) is 0 Å². The van der Waals surface area contributed by atoms with Gasteiger partial charge in [-0.25, -0.2) is 0 Å². The Morgan fingerprint density at radius 3 is 2.18 bits per heavy atom. The van der Waals surface area contributed by atoms with Crippen LogP contribution in [0.3, 0.4) is 0 Å². The second kappa shape index (κ2) is 7.81. The van der Waals surface area contributed by atoms with E-state index in [2.05, 4.69) is 10.6 Å². The van der Waals surface area contributed by atoms with Gasteiger partial charge in [-0.15, -0.1) is 0 Å². The van der Waals surface area contributed by atoms with E-state index < -0.39 is 11.5 Å². The van der Waals surface area contributed by atoms with Crippen LogP contribution in [0, 0.1) is 5.41 Å². The first-order chi connectivity index (χ1) is 10.1. The van der Waals surface area contributed by atoms with Crippen molar-refractivity contribution in [3.8, 4) is 0 Å². The fourth-order valence-electron chi connectivity index (χ4n) is 1.58. The molecule has 0 fully saturated rings. The molecule has 2 amide bonds. The highest BCUT2D eigenvalue weighted by Gasteiger charge is 2.21. The number of rotatable bonds is 5. The van der Waals surface area contributed by atoms with Crippen LogP contribution >= 0.6 is 23.2 Å². The first-order valence-electron chi connectivity index (χ1n) is 6.78. The molecule has 22 heavy (non-hydrogen) atoms. The lowest BCUT2D eigenvalue weighted by Gasteiger charge is -2.18. The van der Waals surface area contributed by atoms with Crippen molar-refractivity contribution in [3.63, 3.8) is 0 Å². The van der Waals surface area contributed by atoms with Gasteiger partial charge in [-0.1, -0.05) is 44.0 Å². The zero-order valence-electron chi connectivity index (χ0n) is 12.7. The van der Waals surface area contributed by atoms with E-state index in [0.29, 0.717) is 15.6 Å². The molecular formula is C15H20Cl2N2O3. The number of hydrogen-bond acceptors (Lipinski definition) is 3. The summed E-state index contributed by atoms with van der Waals surface area (Å²) in [5, 5.41) is 15.9. The van der Waals surface area contributed by atoms with Crippen LogP contribution in [0.4, 0.5) is 0 Å². The fourth-order valence-corrected chi connectivity index (χ4v) is 2.13. The molecule has 0 aliphatic rings. The molecule has 0 aromatic heterocycles. The van der Waals surface area contributed by atoms with E-state index >= 15 is 0 Å². The van der Waals surface area contributed by atoms with E-state index in [0.717, 1.165) is 0 Å². The Hall–Kier alpha value is -1.30. The third-order valence-electron chi connectivity index (χ3n) is 2.85. The van der Waals surface area contributed by atoms with Crippen LogP contribution in [0.15, 0.2) is 18.2 Å². The van der Waals surface area contributed by atoms with E-state index in [4.69, 9.17) is 23.2 Å². The molecule has 0 radical (unpaired) electrons. The largest absolute Gasteiger partial charge is 0.387 e. The lowest BCUT2D eigenvalue weighted by molar-refractivity contribution is -0.131. The number of hydrogen-bond donors (Lipinski definition) is 3. The predicted molar refractivity (Wildman–Crippen MR) is 86.9 cm³/mol. The van der Waals surface area contributed by atoms with Gasteiger partial charge in [0.1, 0.15) is 0 Å². The standard InChI is InChI=1S/C15H20Cl2N2O3/c1-15(2,3)14(22)19-8-13(21)18-7-12(20)9-4-10(16)6-11(17)5-9/h4-6,12,20H,7-8H2,1-3H3,(H,18,21)(H,19,22). The highest BCUT2D eigenvalue weighted by Crippen LogP contribution is 2.23. The molecule has 7 heteroatoms. The van der Waals surface area contributed by atoms with E-state index in [1.807, 2.05) is 0 Å². The number of carbonyl (C=O) groups is 2. The number of aliphatic hydroxyl groups excluding tert-OH is 1. The average molecular weight is 347 g/mol. The van der Waals surface area contributed by atoms with Gasteiger partial charge in [0, 0.05) is 22.0 Å². The minimum absolute atomic E-state index is 0.000886. The summed E-state index contributed by atoms with van der Waals surface area (Å²) in [5.74, 6) is -0.602. The van der Waals surface area contributed by atoms with E-state index in [-0.39, 0.29) is 24.9 Å². The summed E-state index contributed by atoms with van der Waals surface area (Å²) >= 11 is 11.7. The third-order valence-corrected chi connectivity index (χ3v) is 3.29. The van der Waals surface area contributed by atoms with Crippen LogP contribution < -0.4 is 10.6 Å². The molecule has 0 heterocycles. The molecule has 1 rings (SSSR count). The van der Waals surface area contributed by atoms with Gasteiger partial charge in [-0.05, 0) is 23.8 Å². The second-order valence-electron chi connectivity index (χ2n) is 5.96. The summed E-state index contributed by atoms with van der Waals surface area (Å²) in [7, 11) is 0. The van der Waals surface area contributed by atoms with E-state index in [9.17, 15) is 14.7 Å². The van der Waals surface area contributed by atoms with E-state index in [1.54, 1.807) is 39.0 Å². The number of nitrogens with one attached hydrogen (secondary N) is 2. The summed E-state index contributed by atoms with van der Waals surface area (Å²) in [6, 6.07) is 4.71. The molecule has 3 N–H and O–H groups in total. The summed E-state index contributed by atoms with van der Waals surface area (Å²) in [4.78, 5) is 23.3. The zero-order chi connectivity index (χ0) is 16.9. The molecular weight excluding hydrogens is 327 g/mol. The molecule has 122 valence electrons. The lowest BCUT2D eigenvalue weighted by atomic mass is 9.96. The van der Waals surface area contributed by atoms with E-state index in [1.165, 1.54) is 0 Å². The smallest absolute Gasteiger partial charge is 0.239 e. The molecule has 0 aliphatic carbocycles. The van der Waals surface area contributed by atoms with Gasteiger partial charge in [-0.2, -0.15) is 0 Å². The maximum absolute atomic E-state index is 11.7. The topological polar surface area (TPSA) is 78.4 Å². The van der Waals surface area contributed by atoms with Crippen LogP contribution in [-0.2, 0) is 9.59 Å². The summed E-state index contributed by atoms with van der Waals surface area (Å²) < 4.78 is 0. The van der Waals surface area contributed by atoms with Gasteiger partial charge in [0.2, 0.25) is 11.8 Å². The van der Waals surface area contributed by atoms with Gasteiger partial charge < -0.3 is 15.7 Å². The summed E-state index contributed by atoms with van der Waals surface area (Å²) in [5.41, 5.74) is -0.0475. The first-order valence-corrected chi connectivity index (χ1v) is 7.54. The number of amides is 2. The molecule has 0 saturated carbocycles. The zero-order valence-corrected chi connectivity index (χ0v) is 14.3. The van der Waals surface area contributed by atoms with Gasteiger partial charge in [-0.3, -0.25) is 9.59 Å². The second-order valence-corrected chi connectivity index (χ2v) is 6.83. The minimum atomic E-state index is -0.932. The molecule has 0 aliphatic heterocycles. The van der Waals surface area contributed by atoms with Crippen molar-refractivity contribution in [2.45, 2.75) is 26.9 Å². The van der Waals surface area contributed by atoms with Crippen LogP contribution in [0.2, 0.25) is 10.0 Å².